The van der Waals surface area contributed by atoms with E-state index in [4.69, 9.17) is 16.7 Å². The van der Waals surface area contributed by atoms with Crippen LogP contribution in [-0.4, -0.2) is 28.1 Å². The Balaban J connectivity index is 1.99. The molecule has 0 spiro atoms. The second-order valence-corrected chi connectivity index (χ2v) is 5.71. The van der Waals surface area contributed by atoms with E-state index in [0.717, 1.165) is 17.3 Å². The van der Waals surface area contributed by atoms with Crippen LogP contribution in [0.15, 0.2) is 30.5 Å². The maximum atomic E-state index is 12.0. The maximum absolute atomic E-state index is 12.0. The fourth-order valence-corrected chi connectivity index (χ4v) is 2.57. The van der Waals surface area contributed by atoms with Crippen LogP contribution in [0, 0.1) is 5.92 Å². The Morgan fingerprint density at radius 3 is 2.82 bits per heavy atom. The lowest BCUT2D eigenvalue weighted by molar-refractivity contribution is -0.141. The van der Waals surface area contributed by atoms with Gasteiger partial charge in [-0.2, -0.15) is 0 Å². The van der Waals surface area contributed by atoms with Gasteiger partial charge in [0.1, 0.15) is 6.54 Å². The molecule has 1 unspecified atom stereocenters. The van der Waals surface area contributed by atoms with E-state index in [9.17, 15) is 9.59 Å². The number of benzene rings is 1. The van der Waals surface area contributed by atoms with Crippen LogP contribution < -0.4 is 5.32 Å². The second kappa shape index (κ2) is 7.31. The molecule has 22 heavy (non-hydrogen) atoms. The Hall–Kier alpha value is -2.01. The van der Waals surface area contributed by atoms with Gasteiger partial charge in [0, 0.05) is 23.3 Å². The molecule has 0 fully saturated rings. The third kappa shape index (κ3) is 4.01. The minimum Gasteiger partial charge on any atom is -0.481 e. The largest absolute Gasteiger partial charge is 0.481 e. The van der Waals surface area contributed by atoms with Crippen molar-refractivity contribution in [1.29, 1.82) is 0 Å². The molecule has 1 amide bonds. The third-order valence-electron chi connectivity index (χ3n) is 3.58. The number of aromatic nitrogens is 1. The summed E-state index contributed by atoms with van der Waals surface area (Å²) in [5.41, 5.74) is 0.881. The van der Waals surface area contributed by atoms with Crippen molar-refractivity contribution in [1.82, 2.24) is 9.88 Å². The predicted molar refractivity (Wildman–Crippen MR) is 86.0 cm³/mol. The summed E-state index contributed by atoms with van der Waals surface area (Å²) in [5.74, 6) is -1.62. The normalized spacial score (nSPS) is 12.3. The Bertz CT molecular complexity index is 681. The van der Waals surface area contributed by atoms with Gasteiger partial charge in [-0.05, 0) is 30.0 Å². The number of amides is 1. The topological polar surface area (TPSA) is 71.3 Å². The van der Waals surface area contributed by atoms with Gasteiger partial charge in [-0.1, -0.05) is 31.0 Å². The fraction of sp³-hybridized carbons (Fsp3) is 0.375. The highest BCUT2D eigenvalue weighted by atomic mass is 35.5. The van der Waals surface area contributed by atoms with Gasteiger partial charge in [0.05, 0.1) is 5.92 Å². The molecule has 2 rings (SSSR count). The molecule has 6 heteroatoms. The lowest BCUT2D eigenvalue weighted by Crippen LogP contribution is -2.34. The second-order valence-electron chi connectivity index (χ2n) is 5.27. The number of carbonyl (C=O) groups excluding carboxylic acids is 1. The molecule has 0 aliphatic rings. The molecule has 5 nitrogen and oxygen atoms in total. The molecule has 1 aromatic carbocycles. The molecule has 0 saturated carbocycles. The first-order valence-electron chi connectivity index (χ1n) is 7.25. The Morgan fingerprint density at radius 1 is 1.36 bits per heavy atom. The number of fused-ring (bicyclic) bond motifs is 1. The van der Waals surface area contributed by atoms with Gasteiger partial charge in [0.15, 0.2) is 0 Å². The Morgan fingerprint density at radius 2 is 2.14 bits per heavy atom. The molecule has 1 heterocycles. The van der Waals surface area contributed by atoms with Gasteiger partial charge in [-0.3, -0.25) is 9.59 Å². The first kappa shape index (κ1) is 16.4. The lowest BCUT2D eigenvalue weighted by Gasteiger charge is -2.13. The number of nitrogens with one attached hydrogen (secondary N) is 1. The zero-order valence-electron chi connectivity index (χ0n) is 12.4. The summed E-state index contributed by atoms with van der Waals surface area (Å²) in [6.07, 6.45) is 3.15. The molecule has 118 valence electrons. The number of carboxylic acids is 1. The molecular weight excluding hydrogens is 304 g/mol. The van der Waals surface area contributed by atoms with E-state index in [1.807, 2.05) is 25.3 Å². The number of carbonyl (C=O) groups is 2. The lowest BCUT2D eigenvalue weighted by atomic mass is 10.0. The van der Waals surface area contributed by atoms with E-state index in [1.54, 1.807) is 16.7 Å². The molecular formula is C16H19ClN2O3. The van der Waals surface area contributed by atoms with E-state index < -0.39 is 11.9 Å². The summed E-state index contributed by atoms with van der Waals surface area (Å²) >= 11 is 5.98. The highest BCUT2D eigenvalue weighted by molar-refractivity contribution is 6.31. The SMILES string of the molecule is CCCC(CNC(=O)Cn1ccc2ccc(Cl)cc21)C(=O)O. The average Bonchev–Trinajstić information content (AvgIpc) is 2.85. The molecule has 0 aliphatic carbocycles. The van der Waals surface area contributed by atoms with E-state index >= 15 is 0 Å². The van der Waals surface area contributed by atoms with E-state index in [2.05, 4.69) is 5.32 Å². The fourth-order valence-electron chi connectivity index (χ4n) is 2.40. The van der Waals surface area contributed by atoms with Crippen LogP contribution in [0.3, 0.4) is 0 Å². The van der Waals surface area contributed by atoms with Gasteiger partial charge in [-0.25, -0.2) is 0 Å². The molecule has 1 atom stereocenters. The summed E-state index contributed by atoms with van der Waals surface area (Å²) in [6, 6.07) is 7.42. The zero-order valence-corrected chi connectivity index (χ0v) is 13.1. The number of hydrogen-bond acceptors (Lipinski definition) is 2. The van der Waals surface area contributed by atoms with Crippen molar-refractivity contribution >= 4 is 34.4 Å². The van der Waals surface area contributed by atoms with Crippen molar-refractivity contribution in [2.75, 3.05) is 6.54 Å². The minimum atomic E-state index is -0.875. The van der Waals surface area contributed by atoms with E-state index in [0.29, 0.717) is 11.4 Å². The van der Waals surface area contributed by atoms with E-state index in [-0.39, 0.29) is 19.0 Å². The number of carboxylic acid groups (broad SMARTS) is 1. The number of halogens is 1. The van der Waals surface area contributed by atoms with Gasteiger partial charge in [0.2, 0.25) is 5.91 Å². The monoisotopic (exact) mass is 322 g/mol. The molecule has 2 N–H and O–H groups in total. The highest BCUT2D eigenvalue weighted by Crippen LogP contribution is 2.20. The summed E-state index contributed by atoms with van der Waals surface area (Å²) in [4.78, 5) is 23.1. The first-order chi connectivity index (χ1) is 10.5. The Labute approximate surface area is 133 Å². The van der Waals surface area contributed by atoms with Crippen LogP contribution in [0.5, 0.6) is 0 Å². The average molecular weight is 323 g/mol. The van der Waals surface area contributed by atoms with Gasteiger partial charge in [-0.15, -0.1) is 0 Å². The van der Waals surface area contributed by atoms with Crippen LogP contribution in [0.1, 0.15) is 19.8 Å². The van der Waals surface area contributed by atoms with Crippen LogP contribution in [0.25, 0.3) is 10.9 Å². The standard InChI is InChI=1S/C16H19ClN2O3/c1-2-3-12(16(21)22)9-18-15(20)10-19-7-6-11-4-5-13(17)8-14(11)19/h4-8,12H,2-3,9-10H2,1H3,(H,18,20)(H,21,22). The van der Waals surface area contributed by atoms with Crippen molar-refractivity contribution in [2.45, 2.75) is 26.3 Å². The van der Waals surface area contributed by atoms with Crippen molar-refractivity contribution in [3.05, 3.63) is 35.5 Å². The quantitative estimate of drug-likeness (QED) is 0.823. The molecule has 0 aliphatic heterocycles. The first-order valence-corrected chi connectivity index (χ1v) is 7.63. The summed E-state index contributed by atoms with van der Waals surface area (Å²) in [7, 11) is 0. The van der Waals surface area contributed by atoms with Crippen molar-refractivity contribution in [3.8, 4) is 0 Å². The molecule has 1 aromatic heterocycles. The van der Waals surface area contributed by atoms with Gasteiger partial charge >= 0.3 is 5.97 Å². The zero-order chi connectivity index (χ0) is 16.1. The predicted octanol–water partition coefficient (Wildman–Crippen LogP) is 2.91. The van der Waals surface area contributed by atoms with Crippen LogP contribution in [-0.2, 0) is 16.1 Å². The molecule has 0 saturated heterocycles. The van der Waals surface area contributed by atoms with Crippen LogP contribution >= 0.6 is 11.6 Å². The van der Waals surface area contributed by atoms with Crippen LogP contribution in [0.4, 0.5) is 0 Å². The smallest absolute Gasteiger partial charge is 0.308 e. The van der Waals surface area contributed by atoms with E-state index in [1.165, 1.54) is 0 Å². The van der Waals surface area contributed by atoms with Crippen LogP contribution in [0.2, 0.25) is 5.02 Å². The number of nitrogens with zero attached hydrogens (tertiary/aromatic N) is 1. The molecule has 0 bridgehead atoms. The van der Waals surface area contributed by atoms with Crippen molar-refractivity contribution in [2.24, 2.45) is 5.92 Å². The third-order valence-corrected chi connectivity index (χ3v) is 3.82. The maximum Gasteiger partial charge on any atom is 0.308 e. The molecule has 0 radical (unpaired) electrons. The van der Waals surface area contributed by atoms with Gasteiger partial charge in [0.25, 0.3) is 0 Å². The summed E-state index contributed by atoms with van der Waals surface area (Å²) < 4.78 is 1.80. The van der Waals surface area contributed by atoms with Crippen molar-refractivity contribution in [3.63, 3.8) is 0 Å². The Kier molecular flexibility index (Phi) is 5.44. The number of rotatable bonds is 7. The summed E-state index contributed by atoms with van der Waals surface area (Å²) in [6.45, 7) is 2.22. The number of hydrogen-bond donors (Lipinski definition) is 2. The minimum absolute atomic E-state index is 0.141. The summed E-state index contributed by atoms with van der Waals surface area (Å²) in [5, 5.41) is 13.4. The molecule has 2 aromatic rings. The van der Waals surface area contributed by atoms with Crippen molar-refractivity contribution < 1.29 is 14.7 Å². The number of aliphatic carboxylic acids is 1. The van der Waals surface area contributed by atoms with Gasteiger partial charge < -0.3 is 15.0 Å². The highest BCUT2D eigenvalue weighted by Gasteiger charge is 2.17.